The standard InChI is InChI=1S/C33H59NO3/c1-3-5-7-9-11-13-15-17-19-21-23-25-27-29-33(37)34-31(30-35)32(36)28-26-24-22-20-18-16-14-12-10-8-6-4-2/h5,7,11,13,17,19,23,25,31-32,35-36H,3-4,6,8-10,12,14-16,18,20-22,24,26-30H2,1-2H3,(H,34,37)/b7-5-,13-11-,19-17-,25-23-. The van der Waals surface area contributed by atoms with Crippen molar-refractivity contribution >= 4 is 5.91 Å². The van der Waals surface area contributed by atoms with Crippen molar-refractivity contribution in [2.75, 3.05) is 6.61 Å². The maximum Gasteiger partial charge on any atom is 0.220 e. The average Bonchev–Trinajstić information content (AvgIpc) is 2.90. The van der Waals surface area contributed by atoms with Crippen molar-refractivity contribution in [3.63, 3.8) is 0 Å². The molecule has 0 bridgehead atoms. The van der Waals surface area contributed by atoms with E-state index in [0.717, 1.165) is 38.5 Å². The third-order valence-corrected chi connectivity index (χ3v) is 6.62. The molecule has 2 atom stereocenters. The van der Waals surface area contributed by atoms with Crippen LogP contribution in [0, 0.1) is 0 Å². The highest BCUT2D eigenvalue weighted by atomic mass is 16.3. The Kier molecular flexibility index (Phi) is 27.6. The summed E-state index contributed by atoms with van der Waals surface area (Å²) in [6.45, 7) is 4.17. The van der Waals surface area contributed by atoms with Gasteiger partial charge < -0.3 is 15.5 Å². The van der Waals surface area contributed by atoms with Crippen molar-refractivity contribution in [2.45, 2.75) is 148 Å². The SMILES string of the molecule is CC/C=C\C/C=C\C/C=C\C/C=C\CCC(=O)NC(CO)C(O)CCCCCCCCCCCCCC. The molecule has 0 heterocycles. The number of aliphatic hydroxyl groups is 2. The van der Waals surface area contributed by atoms with E-state index in [9.17, 15) is 15.0 Å². The molecule has 0 saturated carbocycles. The number of unbranched alkanes of at least 4 members (excludes halogenated alkanes) is 11. The van der Waals surface area contributed by atoms with E-state index in [4.69, 9.17) is 0 Å². The van der Waals surface area contributed by atoms with Gasteiger partial charge in [-0.2, -0.15) is 0 Å². The van der Waals surface area contributed by atoms with Gasteiger partial charge in [-0.05, 0) is 38.5 Å². The Morgan fingerprint density at radius 3 is 1.62 bits per heavy atom. The second kappa shape index (κ2) is 28.9. The van der Waals surface area contributed by atoms with Gasteiger partial charge >= 0.3 is 0 Å². The van der Waals surface area contributed by atoms with Crippen LogP contribution in [0.15, 0.2) is 48.6 Å². The minimum atomic E-state index is -0.686. The predicted molar refractivity (Wildman–Crippen MR) is 161 cm³/mol. The lowest BCUT2D eigenvalue weighted by atomic mass is 10.0. The molecule has 0 aromatic rings. The van der Waals surface area contributed by atoms with Gasteiger partial charge in [-0.3, -0.25) is 4.79 Å². The third kappa shape index (κ3) is 25.8. The lowest BCUT2D eigenvalue weighted by Gasteiger charge is -2.22. The molecule has 1 amide bonds. The lowest BCUT2D eigenvalue weighted by molar-refractivity contribution is -0.123. The number of carbonyl (C=O) groups is 1. The zero-order valence-corrected chi connectivity index (χ0v) is 24.2. The summed E-state index contributed by atoms with van der Waals surface area (Å²) < 4.78 is 0. The largest absolute Gasteiger partial charge is 0.394 e. The van der Waals surface area contributed by atoms with Crippen LogP contribution in [0.2, 0.25) is 0 Å². The van der Waals surface area contributed by atoms with E-state index >= 15 is 0 Å². The molecule has 0 spiro atoms. The fraction of sp³-hybridized carbons (Fsp3) is 0.727. The van der Waals surface area contributed by atoms with Gasteiger partial charge in [0.15, 0.2) is 0 Å². The van der Waals surface area contributed by atoms with E-state index in [2.05, 4.69) is 61.7 Å². The van der Waals surface area contributed by atoms with Crippen LogP contribution in [0.25, 0.3) is 0 Å². The van der Waals surface area contributed by atoms with Gasteiger partial charge in [-0.1, -0.05) is 140 Å². The second-order valence-electron chi connectivity index (χ2n) is 10.1. The molecule has 4 heteroatoms. The first-order valence-corrected chi connectivity index (χ1v) is 15.3. The summed E-state index contributed by atoms with van der Waals surface area (Å²) in [6.07, 6.45) is 37.3. The summed E-state index contributed by atoms with van der Waals surface area (Å²) >= 11 is 0. The topological polar surface area (TPSA) is 69.6 Å². The lowest BCUT2D eigenvalue weighted by Crippen LogP contribution is -2.45. The molecule has 37 heavy (non-hydrogen) atoms. The molecule has 0 radical (unpaired) electrons. The fourth-order valence-electron chi connectivity index (χ4n) is 4.25. The van der Waals surface area contributed by atoms with Crippen LogP contribution in [0.4, 0.5) is 0 Å². The quantitative estimate of drug-likeness (QED) is 0.0795. The molecule has 0 aliphatic heterocycles. The number of hydrogen-bond donors (Lipinski definition) is 3. The van der Waals surface area contributed by atoms with E-state index in [-0.39, 0.29) is 12.5 Å². The summed E-state index contributed by atoms with van der Waals surface area (Å²) in [4.78, 5) is 12.2. The van der Waals surface area contributed by atoms with Crippen molar-refractivity contribution in [2.24, 2.45) is 0 Å². The molecule has 3 N–H and O–H groups in total. The Hall–Kier alpha value is -1.65. The number of carbonyl (C=O) groups excluding carboxylic acids is 1. The average molecular weight is 518 g/mol. The van der Waals surface area contributed by atoms with Gasteiger partial charge in [-0.15, -0.1) is 0 Å². The van der Waals surface area contributed by atoms with E-state index in [1.54, 1.807) is 0 Å². The third-order valence-electron chi connectivity index (χ3n) is 6.62. The van der Waals surface area contributed by atoms with Crippen molar-refractivity contribution in [1.82, 2.24) is 5.32 Å². The maximum absolute atomic E-state index is 12.2. The van der Waals surface area contributed by atoms with Crippen LogP contribution < -0.4 is 5.32 Å². The van der Waals surface area contributed by atoms with E-state index in [1.807, 2.05) is 6.08 Å². The first kappa shape index (κ1) is 35.4. The molecule has 0 aromatic heterocycles. The molecular weight excluding hydrogens is 458 g/mol. The van der Waals surface area contributed by atoms with Gasteiger partial charge in [0.25, 0.3) is 0 Å². The zero-order valence-electron chi connectivity index (χ0n) is 24.2. The molecule has 0 saturated heterocycles. The minimum Gasteiger partial charge on any atom is -0.394 e. The summed E-state index contributed by atoms with van der Waals surface area (Å²) in [6, 6.07) is -0.572. The minimum absolute atomic E-state index is 0.116. The second-order valence-corrected chi connectivity index (χ2v) is 10.1. The Morgan fingerprint density at radius 1 is 0.676 bits per heavy atom. The van der Waals surface area contributed by atoms with Gasteiger partial charge in [0, 0.05) is 6.42 Å². The molecule has 0 aliphatic rings. The maximum atomic E-state index is 12.2. The van der Waals surface area contributed by atoms with Crippen molar-refractivity contribution in [3.05, 3.63) is 48.6 Å². The zero-order chi connectivity index (χ0) is 27.2. The molecule has 0 rings (SSSR count). The number of rotatable bonds is 26. The molecule has 2 unspecified atom stereocenters. The van der Waals surface area contributed by atoms with Crippen LogP contribution in [-0.4, -0.2) is 34.9 Å². The Balaban J connectivity index is 3.77. The van der Waals surface area contributed by atoms with Crippen LogP contribution in [0.1, 0.15) is 136 Å². The molecule has 0 fully saturated rings. The van der Waals surface area contributed by atoms with Crippen LogP contribution in [0.3, 0.4) is 0 Å². The Bertz CT molecular complexity index is 609. The summed E-state index contributed by atoms with van der Waals surface area (Å²) in [5, 5.41) is 22.8. The van der Waals surface area contributed by atoms with Crippen LogP contribution in [0.5, 0.6) is 0 Å². The molecule has 0 aliphatic carbocycles. The Morgan fingerprint density at radius 2 is 1.14 bits per heavy atom. The van der Waals surface area contributed by atoms with Gasteiger partial charge in [0.05, 0.1) is 18.8 Å². The van der Waals surface area contributed by atoms with Gasteiger partial charge in [0.1, 0.15) is 0 Å². The number of hydrogen-bond acceptors (Lipinski definition) is 3. The van der Waals surface area contributed by atoms with Gasteiger partial charge in [0.2, 0.25) is 5.91 Å². The van der Waals surface area contributed by atoms with Crippen molar-refractivity contribution < 1.29 is 15.0 Å². The van der Waals surface area contributed by atoms with Crippen LogP contribution >= 0.6 is 0 Å². The summed E-state index contributed by atoms with van der Waals surface area (Å²) in [5.74, 6) is -0.116. The Labute approximate surface area is 229 Å². The van der Waals surface area contributed by atoms with E-state index in [1.165, 1.54) is 64.2 Å². The smallest absolute Gasteiger partial charge is 0.220 e. The van der Waals surface area contributed by atoms with Crippen molar-refractivity contribution in [1.29, 1.82) is 0 Å². The number of allylic oxidation sites excluding steroid dienone is 8. The molecule has 4 nitrogen and oxygen atoms in total. The molecular formula is C33H59NO3. The number of amides is 1. The van der Waals surface area contributed by atoms with Crippen molar-refractivity contribution in [3.8, 4) is 0 Å². The van der Waals surface area contributed by atoms with E-state index in [0.29, 0.717) is 19.3 Å². The highest BCUT2D eigenvalue weighted by Gasteiger charge is 2.19. The summed E-state index contributed by atoms with van der Waals surface area (Å²) in [7, 11) is 0. The fourth-order valence-corrected chi connectivity index (χ4v) is 4.25. The first-order valence-electron chi connectivity index (χ1n) is 15.3. The highest BCUT2D eigenvalue weighted by Crippen LogP contribution is 2.14. The van der Waals surface area contributed by atoms with Gasteiger partial charge in [-0.25, -0.2) is 0 Å². The molecule has 0 aromatic carbocycles. The molecule has 214 valence electrons. The number of aliphatic hydroxyl groups excluding tert-OH is 2. The van der Waals surface area contributed by atoms with E-state index < -0.39 is 12.1 Å². The predicted octanol–water partition coefficient (Wildman–Crippen LogP) is 8.50. The number of nitrogens with one attached hydrogen (secondary N) is 1. The summed E-state index contributed by atoms with van der Waals surface area (Å²) in [5.41, 5.74) is 0. The monoisotopic (exact) mass is 517 g/mol. The first-order chi connectivity index (χ1) is 18.2. The van der Waals surface area contributed by atoms with Crippen LogP contribution in [-0.2, 0) is 4.79 Å². The highest BCUT2D eigenvalue weighted by molar-refractivity contribution is 5.76. The normalized spacial score (nSPS) is 13.9.